The van der Waals surface area contributed by atoms with Crippen molar-refractivity contribution in [2.45, 2.75) is 9.79 Å². The summed E-state index contributed by atoms with van der Waals surface area (Å²) >= 11 is 1.84. The van der Waals surface area contributed by atoms with E-state index >= 15 is 0 Å². The Hall–Kier alpha value is -6.88. The molecule has 0 radical (unpaired) electrons. The van der Waals surface area contributed by atoms with Crippen molar-refractivity contribution in [1.29, 1.82) is 0 Å². The van der Waals surface area contributed by atoms with Gasteiger partial charge in [-0.2, -0.15) is 0 Å². The van der Waals surface area contributed by atoms with Crippen molar-refractivity contribution < 1.29 is 0 Å². The minimum absolute atomic E-state index is 0.626. The number of benzene rings is 8. The van der Waals surface area contributed by atoms with E-state index < -0.39 is 0 Å². The van der Waals surface area contributed by atoms with Crippen molar-refractivity contribution in [3.05, 3.63) is 199 Å². The fourth-order valence-corrected chi connectivity index (χ4v) is 8.65. The van der Waals surface area contributed by atoms with Crippen LogP contribution < -0.4 is 0 Å². The zero-order valence-electron chi connectivity index (χ0n) is 29.8. The van der Waals surface area contributed by atoms with Crippen LogP contribution in [0.3, 0.4) is 0 Å². The smallest absolute Gasteiger partial charge is 0.164 e. The highest BCUT2D eigenvalue weighted by Gasteiger charge is 2.20. The molecule has 0 unspecified atom stereocenters. The minimum atomic E-state index is 0.626. The highest BCUT2D eigenvalue weighted by Crippen LogP contribution is 2.47. The van der Waals surface area contributed by atoms with E-state index in [2.05, 4.69) is 176 Å². The predicted octanol–water partition coefficient (Wildman–Crippen LogP) is 13.7. The van der Waals surface area contributed by atoms with Crippen molar-refractivity contribution in [2.75, 3.05) is 0 Å². The number of rotatable bonds is 4. The molecule has 4 heteroatoms. The molecule has 2 heterocycles. The van der Waals surface area contributed by atoms with Crippen LogP contribution in [-0.4, -0.2) is 15.0 Å². The largest absolute Gasteiger partial charge is 0.208 e. The Kier molecular flexibility index (Phi) is 8.43. The minimum Gasteiger partial charge on any atom is -0.208 e. The molecule has 3 nitrogen and oxygen atoms in total. The molecule has 0 spiro atoms. The fraction of sp³-hybridized carbons (Fsp3) is 0. The first-order valence-electron chi connectivity index (χ1n) is 18.4. The summed E-state index contributed by atoms with van der Waals surface area (Å²) in [5.41, 5.74) is 12.1. The van der Waals surface area contributed by atoms with E-state index in [1.807, 2.05) is 36.0 Å². The van der Waals surface area contributed by atoms with Gasteiger partial charge in [0, 0.05) is 26.5 Å². The van der Waals surface area contributed by atoms with Crippen LogP contribution in [0.15, 0.2) is 198 Å². The van der Waals surface area contributed by atoms with Gasteiger partial charge in [0.1, 0.15) is 0 Å². The summed E-state index contributed by atoms with van der Waals surface area (Å²) in [6.45, 7) is 0. The van der Waals surface area contributed by atoms with Crippen molar-refractivity contribution in [3.8, 4) is 67.5 Å². The molecule has 1 aliphatic rings. The second kappa shape index (κ2) is 14.2. The summed E-state index contributed by atoms with van der Waals surface area (Å²) in [5, 5.41) is 2.43. The highest BCUT2D eigenvalue weighted by molar-refractivity contribution is 7.99. The van der Waals surface area contributed by atoms with Gasteiger partial charge in [-0.3, -0.25) is 0 Å². The SMILES string of the molecule is C1=Cc2ccc(-c3nc(-c4ccccc4)nc(-c4cccc(-c5ccccc5)c4)n3)cc2-c2ccc3ccccc3c2Sc2ccccc2-c2ccccc21. The van der Waals surface area contributed by atoms with E-state index in [1.54, 1.807) is 0 Å². The molecule has 8 aromatic carbocycles. The van der Waals surface area contributed by atoms with Gasteiger partial charge >= 0.3 is 0 Å². The third-order valence-corrected chi connectivity index (χ3v) is 11.4. The van der Waals surface area contributed by atoms with E-state index in [4.69, 9.17) is 15.0 Å². The van der Waals surface area contributed by atoms with E-state index in [1.165, 1.54) is 42.8 Å². The molecule has 0 amide bonds. The van der Waals surface area contributed by atoms with Crippen LogP contribution in [-0.2, 0) is 0 Å². The maximum Gasteiger partial charge on any atom is 0.164 e. The van der Waals surface area contributed by atoms with E-state index in [-0.39, 0.29) is 0 Å². The number of fused-ring (bicyclic) bond motifs is 8. The first-order valence-corrected chi connectivity index (χ1v) is 19.3. The topological polar surface area (TPSA) is 38.7 Å². The zero-order chi connectivity index (χ0) is 36.6. The molecular formula is C51H33N3S. The summed E-state index contributed by atoms with van der Waals surface area (Å²) in [7, 11) is 0. The van der Waals surface area contributed by atoms with Gasteiger partial charge in [-0.25, -0.2) is 15.0 Å². The second-order valence-corrected chi connectivity index (χ2v) is 14.7. The Morgan fingerprint density at radius 3 is 1.71 bits per heavy atom. The first kappa shape index (κ1) is 32.7. The molecule has 1 aromatic heterocycles. The monoisotopic (exact) mass is 719 g/mol. The van der Waals surface area contributed by atoms with Crippen molar-refractivity contribution >= 4 is 34.7 Å². The van der Waals surface area contributed by atoms with Crippen LogP contribution in [0.25, 0.3) is 90.5 Å². The molecular weight excluding hydrogens is 687 g/mol. The lowest BCUT2D eigenvalue weighted by Crippen LogP contribution is -2.01. The zero-order valence-corrected chi connectivity index (χ0v) is 30.6. The van der Waals surface area contributed by atoms with E-state index in [0.29, 0.717) is 17.5 Å². The van der Waals surface area contributed by atoms with Crippen LogP contribution in [0.2, 0.25) is 0 Å². The third kappa shape index (κ3) is 6.33. The number of hydrogen-bond acceptors (Lipinski definition) is 4. The molecule has 0 saturated heterocycles. The van der Waals surface area contributed by atoms with Gasteiger partial charge in [0.05, 0.1) is 0 Å². The lowest BCUT2D eigenvalue weighted by Gasteiger charge is -2.17. The third-order valence-electron chi connectivity index (χ3n) is 10.2. The Bertz CT molecular complexity index is 2900. The lowest BCUT2D eigenvalue weighted by atomic mass is 9.93. The van der Waals surface area contributed by atoms with Crippen LogP contribution in [0.5, 0.6) is 0 Å². The molecule has 10 rings (SSSR count). The molecule has 258 valence electrons. The van der Waals surface area contributed by atoms with Crippen LogP contribution in [0.4, 0.5) is 0 Å². The predicted molar refractivity (Wildman–Crippen MR) is 229 cm³/mol. The highest BCUT2D eigenvalue weighted by atomic mass is 32.2. The first-order chi connectivity index (χ1) is 27.2. The van der Waals surface area contributed by atoms with Crippen LogP contribution >= 0.6 is 11.8 Å². The molecule has 1 aliphatic heterocycles. The van der Waals surface area contributed by atoms with Crippen molar-refractivity contribution in [3.63, 3.8) is 0 Å². The van der Waals surface area contributed by atoms with Crippen molar-refractivity contribution in [2.24, 2.45) is 0 Å². The van der Waals surface area contributed by atoms with Gasteiger partial charge in [-0.05, 0) is 73.5 Å². The van der Waals surface area contributed by atoms with Crippen molar-refractivity contribution in [1.82, 2.24) is 15.0 Å². The molecule has 0 aliphatic carbocycles. The van der Waals surface area contributed by atoms with Crippen LogP contribution in [0.1, 0.15) is 11.1 Å². The number of hydrogen-bond donors (Lipinski definition) is 0. The van der Waals surface area contributed by atoms with Gasteiger partial charge in [0.15, 0.2) is 17.5 Å². The molecule has 0 saturated carbocycles. The molecule has 55 heavy (non-hydrogen) atoms. The normalized spacial score (nSPS) is 11.9. The quantitative estimate of drug-likeness (QED) is 0.182. The van der Waals surface area contributed by atoms with Gasteiger partial charge < -0.3 is 0 Å². The maximum atomic E-state index is 5.19. The summed E-state index contributed by atoms with van der Waals surface area (Å²) in [4.78, 5) is 17.8. The van der Waals surface area contributed by atoms with Gasteiger partial charge in [-0.15, -0.1) is 0 Å². The van der Waals surface area contributed by atoms with Crippen LogP contribution in [0, 0.1) is 0 Å². The number of aromatic nitrogens is 3. The summed E-state index contributed by atoms with van der Waals surface area (Å²) in [5.74, 6) is 1.89. The molecule has 0 atom stereocenters. The lowest BCUT2D eigenvalue weighted by molar-refractivity contribution is 1.07. The molecule has 0 N–H and O–H groups in total. The van der Waals surface area contributed by atoms with Gasteiger partial charge in [0.2, 0.25) is 0 Å². The summed E-state index contributed by atoms with van der Waals surface area (Å²) < 4.78 is 0. The Labute approximate surface area is 324 Å². The van der Waals surface area contributed by atoms with Gasteiger partial charge in [0.25, 0.3) is 0 Å². The average molecular weight is 720 g/mol. The number of nitrogens with zero attached hydrogens (tertiary/aromatic N) is 3. The Morgan fingerprint density at radius 1 is 0.327 bits per heavy atom. The standard InChI is InChI=1S/C51H33N3S/c1-3-14-34(15-4-1)39-20-13-21-40(32-39)50-52-49(38-18-5-2-6-19-38)53-51(54-50)41-29-28-37-27-26-35-16-7-9-22-42(35)44-24-11-12-25-47(44)55-48-43-23-10-8-17-36(43)30-31-45(48)46(37)33-41/h1-33H. The summed E-state index contributed by atoms with van der Waals surface area (Å²) in [6.07, 6.45) is 4.49. The molecule has 0 fully saturated rings. The second-order valence-electron chi connectivity index (χ2n) is 13.6. The summed E-state index contributed by atoms with van der Waals surface area (Å²) in [6, 6.07) is 66.3. The Morgan fingerprint density at radius 2 is 0.909 bits per heavy atom. The average Bonchev–Trinajstić information content (AvgIpc) is 3.28. The molecule has 0 bridgehead atoms. The maximum absolute atomic E-state index is 5.19. The van der Waals surface area contributed by atoms with E-state index in [9.17, 15) is 0 Å². The Balaban J connectivity index is 1.20. The van der Waals surface area contributed by atoms with E-state index in [0.717, 1.165) is 38.9 Å². The fourth-order valence-electron chi connectivity index (χ4n) is 7.41. The van der Waals surface area contributed by atoms with Gasteiger partial charge in [-0.1, -0.05) is 194 Å². The molecule has 9 aromatic rings.